The highest BCUT2D eigenvalue weighted by atomic mass is 15.2. The first kappa shape index (κ1) is 13.0. The molecule has 110 valence electrons. The Morgan fingerprint density at radius 3 is 2.77 bits per heavy atom. The van der Waals surface area contributed by atoms with Crippen LogP contribution in [-0.4, -0.2) is 34.1 Å². The van der Waals surface area contributed by atoms with E-state index in [0.29, 0.717) is 11.7 Å². The monoisotopic (exact) mass is 291 g/mol. The molecule has 3 heterocycles. The van der Waals surface area contributed by atoms with Crippen molar-refractivity contribution in [1.29, 1.82) is 0 Å². The van der Waals surface area contributed by atoms with E-state index < -0.39 is 0 Å². The summed E-state index contributed by atoms with van der Waals surface area (Å²) in [6.45, 7) is 2.05. The van der Waals surface area contributed by atoms with Crippen LogP contribution in [0.5, 0.6) is 0 Å². The first-order chi connectivity index (χ1) is 10.9. The molecule has 1 N–H and O–H groups in total. The zero-order valence-corrected chi connectivity index (χ0v) is 12.2. The molecule has 1 aromatic carbocycles. The molecule has 5 nitrogen and oxygen atoms in total. The summed E-state index contributed by atoms with van der Waals surface area (Å²) in [5.41, 5.74) is 2.79. The minimum absolute atomic E-state index is 0.404. The maximum atomic E-state index is 4.53. The summed E-state index contributed by atoms with van der Waals surface area (Å²) in [5, 5.41) is 3.51. The lowest BCUT2D eigenvalue weighted by Gasteiger charge is -2.19. The Labute approximate surface area is 129 Å². The Morgan fingerprint density at radius 1 is 1.00 bits per heavy atom. The zero-order chi connectivity index (χ0) is 14.8. The molecule has 2 aromatic heterocycles. The van der Waals surface area contributed by atoms with Crippen LogP contribution in [0.2, 0.25) is 0 Å². The van der Waals surface area contributed by atoms with E-state index in [2.05, 4.69) is 55.5 Å². The van der Waals surface area contributed by atoms with Crippen LogP contribution in [0, 0.1) is 0 Å². The SMILES string of the molecule is c1ccc(N2CC[C@H](Nc3ccc4nccnc4n3)C2)cc1. The fraction of sp³-hybridized carbons (Fsp3) is 0.235. The maximum Gasteiger partial charge on any atom is 0.180 e. The van der Waals surface area contributed by atoms with Gasteiger partial charge < -0.3 is 10.2 Å². The van der Waals surface area contributed by atoms with Crippen LogP contribution in [0.25, 0.3) is 11.2 Å². The van der Waals surface area contributed by atoms with Gasteiger partial charge >= 0.3 is 0 Å². The van der Waals surface area contributed by atoms with Crippen LogP contribution in [0.3, 0.4) is 0 Å². The van der Waals surface area contributed by atoms with Gasteiger partial charge in [0.15, 0.2) is 5.65 Å². The van der Waals surface area contributed by atoms with E-state index >= 15 is 0 Å². The molecule has 1 aliphatic heterocycles. The van der Waals surface area contributed by atoms with E-state index in [1.807, 2.05) is 12.1 Å². The van der Waals surface area contributed by atoms with Gasteiger partial charge in [-0.25, -0.2) is 9.97 Å². The molecule has 1 atom stereocenters. The van der Waals surface area contributed by atoms with Gasteiger partial charge in [0.1, 0.15) is 11.3 Å². The second-order valence-electron chi connectivity index (χ2n) is 5.51. The molecule has 0 bridgehead atoms. The normalized spacial score (nSPS) is 17.8. The Hall–Kier alpha value is -2.69. The number of hydrogen-bond donors (Lipinski definition) is 1. The van der Waals surface area contributed by atoms with Crippen molar-refractivity contribution in [3.8, 4) is 0 Å². The topological polar surface area (TPSA) is 53.9 Å². The standard InChI is InChI=1S/C17H17N5/c1-2-4-14(5-3-1)22-11-8-13(12-22)20-16-7-6-15-17(21-16)19-10-9-18-15/h1-7,9-10,13H,8,11-12H2,(H,19,20,21)/t13-/m0/s1. The summed E-state index contributed by atoms with van der Waals surface area (Å²) in [6, 6.07) is 14.9. The van der Waals surface area contributed by atoms with Gasteiger partial charge in [-0.3, -0.25) is 4.98 Å². The van der Waals surface area contributed by atoms with Gasteiger partial charge in [-0.15, -0.1) is 0 Å². The second kappa shape index (κ2) is 5.60. The number of nitrogens with one attached hydrogen (secondary N) is 1. The first-order valence-electron chi connectivity index (χ1n) is 7.53. The predicted octanol–water partition coefficient (Wildman–Crippen LogP) is 2.72. The summed E-state index contributed by atoms with van der Waals surface area (Å²) in [4.78, 5) is 15.4. The Morgan fingerprint density at radius 2 is 1.86 bits per heavy atom. The zero-order valence-electron chi connectivity index (χ0n) is 12.2. The van der Waals surface area contributed by atoms with E-state index in [1.54, 1.807) is 12.4 Å². The summed E-state index contributed by atoms with van der Waals surface area (Å²) in [5.74, 6) is 0.868. The number of pyridine rings is 1. The fourth-order valence-corrected chi connectivity index (χ4v) is 2.90. The van der Waals surface area contributed by atoms with Crippen LogP contribution in [0.4, 0.5) is 11.5 Å². The average Bonchev–Trinajstić information content (AvgIpc) is 3.04. The molecule has 0 unspecified atom stereocenters. The molecule has 0 saturated carbocycles. The molecule has 0 spiro atoms. The fourth-order valence-electron chi connectivity index (χ4n) is 2.90. The lowest BCUT2D eigenvalue weighted by molar-refractivity contribution is 0.801. The Bertz CT molecular complexity index is 774. The molecule has 1 fully saturated rings. The predicted molar refractivity (Wildman–Crippen MR) is 88.0 cm³/mol. The summed E-state index contributed by atoms with van der Waals surface area (Å²) in [7, 11) is 0. The van der Waals surface area contributed by atoms with Gasteiger partial charge in [-0.2, -0.15) is 0 Å². The highest BCUT2D eigenvalue weighted by Gasteiger charge is 2.22. The number of hydrogen-bond acceptors (Lipinski definition) is 5. The van der Waals surface area contributed by atoms with Crippen LogP contribution >= 0.6 is 0 Å². The van der Waals surface area contributed by atoms with E-state index in [1.165, 1.54) is 5.69 Å². The maximum absolute atomic E-state index is 4.53. The van der Waals surface area contributed by atoms with Gasteiger partial charge in [0.2, 0.25) is 0 Å². The third-order valence-electron chi connectivity index (χ3n) is 3.99. The number of benzene rings is 1. The van der Waals surface area contributed by atoms with E-state index in [4.69, 9.17) is 0 Å². The third-order valence-corrected chi connectivity index (χ3v) is 3.99. The number of anilines is 2. The van der Waals surface area contributed by atoms with Crippen molar-refractivity contribution in [2.75, 3.05) is 23.3 Å². The molecule has 5 heteroatoms. The second-order valence-corrected chi connectivity index (χ2v) is 5.51. The van der Waals surface area contributed by atoms with Crippen LogP contribution in [0.1, 0.15) is 6.42 Å². The number of aromatic nitrogens is 3. The van der Waals surface area contributed by atoms with E-state index in [9.17, 15) is 0 Å². The molecule has 1 saturated heterocycles. The number of nitrogens with zero attached hydrogens (tertiary/aromatic N) is 4. The lowest BCUT2D eigenvalue weighted by Crippen LogP contribution is -2.26. The highest BCUT2D eigenvalue weighted by Crippen LogP contribution is 2.22. The van der Waals surface area contributed by atoms with Crippen molar-refractivity contribution >= 4 is 22.7 Å². The molecular formula is C17H17N5. The van der Waals surface area contributed by atoms with Crippen molar-refractivity contribution in [3.63, 3.8) is 0 Å². The van der Waals surface area contributed by atoms with Gasteiger partial charge in [0.25, 0.3) is 0 Å². The highest BCUT2D eigenvalue weighted by molar-refractivity contribution is 5.71. The Balaban J connectivity index is 1.47. The molecule has 1 aliphatic rings. The van der Waals surface area contributed by atoms with Crippen LogP contribution in [0.15, 0.2) is 54.9 Å². The molecule has 4 rings (SSSR count). The molecule has 22 heavy (non-hydrogen) atoms. The summed E-state index contributed by atoms with van der Waals surface area (Å²) < 4.78 is 0. The molecule has 3 aromatic rings. The van der Waals surface area contributed by atoms with Crippen molar-refractivity contribution in [1.82, 2.24) is 15.0 Å². The lowest BCUT2D eigenvalue weighted by atomic mass is 10.2. The van der Waals surface area contributed by atoms with E-state index in [0.717, 1.165) is 30.8 Å². The Kier molecular flexibility index (Phi) is 3.31. The molecule has 0 aliphatic carbocycles. The van der Waals surface area contributed by atoms with Crippen LogP contribution in [-0.2, 0) is 0 Å². The number of rotatable bonds is 3. The van der Waals surface area contributed by atoms with Gasteiger partial charge in [0.05, 0.1) is 0 Å². The minimum Gasteiger partial charge on any atom is -0.369 e. The van der Waals surface area contributed by atoms with Crippen molar-refractivity contribution in [2.45, 2.75) is 12.5 Å². The minimum atomic E-state index is 0.404. The van der Waals surface area contributed by atoms with Crippen molar-refractivity contribution < 1.29 is 0 Å². The van der Waals surface area contributed by atoms with E-state index in [-0.39, 0.29) is 0 Å². The first-order valence-corrected chi connectivity index (χ1v) is 7.53. The largest absolute Gasteiger partial charge is 0.369 e. The van der Waals surface area contributed by atoms with Crippen molar-refractivity contribution in [3.05, 3.63) is 54.9 Å². The number of fused-ring (bicyclic) bond motifs is 1. The van der Waals surface area contributed by atoms with Gasteiger partial charge in [-0.1, -0.05) is 18.2 Å². The van der Waals surface area contributed by atoms with Crippen molar-refractivity contribution in [2.24, 2.45) is 0 Å². The van der Waals surface area contributed by atoms with Crippen LogP contribution < -0.4 is 10.2 Å². The number of para-hydroxylation sites is 1. The quantitative estimate of drug-likeness (QED) is 0.804. The average molecular weight is 291 g/mol. The van der Waals surface area contributed by atoms with Gasteiger partial charge in [0, 0.05) is 37.2 Å². The third kappa shape index (κ3) is 2.57. The molecular weight excluding hydrogens is 274 g/mol. The summed E-state index contributed by atoms with van der Waals surface area (Å²) in [6.07, 6.45) is 4.47. The molecule has 0 radical (unpaired) electrons. The smallest absolute Gasteiger partial charge is 0.180 e. The molecule has 0 amide bonds. The van der Waals surface area contributed by atoms with Gasteiger partial charge in [-0.05, 0) is 30.7 Å². The summed E-state index contributed by atoms with van der Waals surface area (Å²) >= 11 is 0.